The van der Waals surface area contributed by atoms with Crippen molar-refractivity contribution in [1.82, 2.24) is 14.9 Å². The van der Waals surface area contributed by atoms with Gasteiger partial charge in [0.1, 0.15) is 11.6 Å². The van der Waals surface area contributed by atoms with Crippen LogP contribution in [-0.2, 0) is 6.54 Å². The van der Waals surface area contributed by atoms with Gasteiger partial charge in [0.25, 0.3) is 11.5 Å². The quantitative estimate of drug-likeness (QED) is 0.681. The molecule has 0 unspecified atom stereocenters. The van der Waals surface area contributed by atoms with Crippen LogP contribution in [0.3, 0.4) is 0 Å². The van der Waals surface area contributed by atoms with Crippen LogP contribution >= 0.6 is 11.6 Å². The fourth-order valence-electron chi connectivity index (χ4n) is 3.07. The summed E-state index contributed by atoms with van der Waals surface area (Å²) in [4.78, 5) is 34.3. The predicted octanol–water partition coefficient (Wildman–Crippen LogP) is 3.95. The highest BCUT2D eigenvalue weighted by molar-refractivity contribution is 6.31. The molecule has 3 aromatic rings. The van der Waals surface area contributed by atoms with Crippen molar-refractivity contribution < 1.29 is 9.53 Å². The molecule has 7 heteroatoms. The Balaban J connectivity index is 1.94. The predicted molar refractivity (Wildman–Crippen MR) is 110 cm³/mol. The van der Waals surface area contributed by atoms with Crippen molar-refractivity contribution in [3.63, 3.8) is 0 Å². The highest BCUT2D eigenvalue weighted by Gasteiger charge is 2.18. The second-order valence-electron chi connectivity index (χ2n) is 6.59. The highest BCUT2D eigenvalue weighted by Crippen LogP contribution is 2.21. The van der Waals surface area contributed by atoms with E-state index >= 15 is 0 Å². The van der Waals surface area contributed by atoms with Gasteiger partial charge in [-0.3, -0.25) is 9.59 Å². The van der Waals surface area contributed by atoms with Gasteiger partial charge < -0.3 is 14.6 Å². The summed E-state index contributed by atoms with van der Waals surface area (Å²) in [5, 5.41) is 0.967. The molecule has 3 rings (SSSR count). The lowest BCUT2D eigenvalue weighted by atomic mass is 10.1. The second-order valence-corrected chi connectivity index (χ2v) is 7.02. The number of ether oxygens (including phenoxy) is 1. The Bertz CT molecular complexity index is 1080. The van der Waals surface area contributed by atoms with Crippen molar-refractivity contribution >= 4 is 28.4 Å². The number of fused-ring (bicyclic) bond motifs is 1. The van der Waals surface area contributed by atoms with Crippen LogP contribution in [0.4, 0.5) is 0 Å². The van der Waals surface area contributed by atoms with Crippen molar-refractivity contribution in [2.45, 2.75) is 26.8 Å². The summed E-state index contributed by atoms with van der Waals surface area (Å²) in [7, 11) is 1.58. The summed E-state index contributed by atoms with van der Waals surface area (Å²) < 4.78 is 5.33. The number of nitrogens with zero attached hydrogens (tertiary/aromatic N) is 2. The number of benzene rings is 2. The number of aryl methyl sites for hydroxylation is 1. The number of aromatic nitrogens is 2. The van der Waals surface area contributed by atoms with Crippen molar-refractivity contribution in [3.05, 3.63) is 68.7 Å². The molecule has 0 aliphatic heterocycles. The lowest BCUT2D eigenvalue weighted by molar-refractivity contribution is 0.0738. The first kappa shape index (κ1) is 19.9. The number of hydrogen-bond donors (Lipinski definition) is 1. The topological polar surface area (TPSA) is 75.3 Å². The molecule has 0 fully saturated rings. The van der Waals surface area contributed by atoms with E-state index in [2.05, 4.69) is 9.97 Å². The van der Waals surface area contributed by atoms with Crippen LogP contribution in [0.5, 0.6) is 5.75 Å². The molecule has 146 valence electrons. The molecule has 0 aliphatic rings. The third-order valence-electron chi connectivity index (χ3n) is 4.49. The van der Waals surface area contributed by atoms with Crippen LogP contribution in [0.2, 0.25) is 5.02 Å². The zero-order chi connectivity index (χ0) is 20.3. The maximum absolute atomic E-state index is 13.1. The second kappa shape index (κ2) is 8.44. The lowest BCUT2D eigenvalue weighted by Gasteiger charge is -2.22. The number of carbonyl (C=O) groups is 1. The average Bonchev–Trinajstić information content (AvgIpc) is 2.67. The number of rotatable bonds is 6. The summed E-state index contributed by atoms with van der Waals surface area (Å²) in [6, 6.07) is 10.3. The van der Waals surface area contributed by atoms with Crippen molar-refractivity contribution in [2.75, 3.05) is 13.7 Å². The molecule has 1 N–H and O–H groups in total. The zero-order valence-corrected chi connectivity index (χ0v) is 16.8. The molecule has 2 aromatic carbocycles. The summed E-state index contributed by atoms with van der Waals surface area (Å²) >= 11 is 6.02. The Kier molecular flexibility index (Phi) is 5.99. The Morgan fingerprint density at radius 2 is 2.04 bits per heavy atom. The summed E-state index contributed by atoms with van der Waals surface area (Å²) in [6.45, 7) is 4.64. The third-order valence-corrected chi connectivity index (χ3v) is 4.73. The first-order valence-electron chi connectivity index (χ1n) is 9.05. The number of H-pyrrole nitrogens is 1. The van der Waals surface area contributed by atoms with Gasteiger partial charge in [0.2, 0.25) is 0 Å². The summed E-state index contributed by atoms with van der Waals surface area (Å²) in [5.41, 5.74) is 1.74. The fourth-order valence-corrected chi connectivity index (χ4v) is 3.24. The average molecular weight is 400 g/mol. The molecule has 1 aromatic heterocycles. The van der Waals surface area contributed by atoms with E-state index < -0.39 is 0 Å². The Morgan fingerprint density at radius 3 is 2.75 bits per heavy atom. The monoisotopic (exact) mass is 399 g/mol. The molecular formula is C21H22ClN3O3. The number of amides is 1. The number of methoxy groups -OCH3 is 1. The molecule has 0 aliphatic carbocycles. The van der Waals surface area contributed by atoms with Crippen LogP contribution in [0.1, 0.15) is 35.1 Å². The van der Waals surface area contributed by atoms with E-state index in [1.807, 2.05) is 19.9 Å². The van der Waals surface area contributed by atoms with E-state index in [-0.39, 0.29) is 18.0 Å². The van der Waals surface area contributed by atoms with Gasteiger partial charge in [-0.25, -0.2) is 4.98 Å². The van der Waals surface area contributed by atoms with Crippen LogP contribution < -0.4 is 10.3 Å². The van der Waals surface area contributed by atoms with Gasteiger partial charge >= 0.3 is 0 Å². The van der Waals surface area contributed by atoms with Crippen LogP contribution in [0, 0.1) is 6.92 Å². The van der Waals surface area contributed by atoms with Crippen molar-refractivity contribution in [1.29, 1.82) is 0 Å². The van der Waals surface area contributed by atoms with E-state index in [0.29, 0.717) is 39.6 Å². The van der Waals surface area contributed by atoms with E-state index in [4.69, 9.17) is 16.3 Å². The zero-order valence-electron chi connectivity index (χ0n) is 16.1. The Hall–Kier alpha value is -2.86. The molecule has 0 spiro atoms. The summed E-state index contributed by atoms with van der Waals surface area (Å²) in [6.07, 6.45) is 0.776. The molecular weight excluding hydrogens is 378 g/mol. The van der Waals surface area contributed by atoms with Crippen LogP contribution in [0.25, 0.3) is 10.9 Å². The fraction of sp³-hybridized carbons (Fsp3) is 0.286. The molecule has 6 nitrogen and oxygen atoms in total. The number of nitrogens with one attached hydrogen (secondary N) is 1. The van der Waals surface area contributed by atoms with Gasteiger partial charge in [0, 0.05) is 17.1 Å². The van der Waals surface area contributed by atoms with Gasteiger partial charge in [-0.15, -0.1) is 0 Å². The SMILES string of the molecule is CCCN(Cc1nc2cc(Cl)ccc2c(=O)[nH]1)C(=O)c1ccc(C)c(OC)c1. The number of carbonyl (C=O) groups excluding carboxylic acids is 1. The third kappa shape index (κ3) is 4.17. The maximum atomic E-state index is 13.1. The first-order valence-corrected chi connectivity index (χ1v) is 9.43. The molecule has 0 bridgehead atoms. The van der Waals surface area contributed by atoms with Gasteiger partial charge in [0.05, 0.1) is 24.6 Å². The highest BCUT2D eigenvalue weighted by atomic mass is 35.5. The number of hydrogen-bond acceptors (Lipinski definition) is 4. The molecule has 0 saturated carbocycles. The van der Waals surface area contributed by atoms with E-state index in [1.165, 1.54) is 0 Å². The van der Waals surface area contributed by atoms with E-state index in [1.54, 1.807) is 42.3 Å². The lowest BCUT2D eigenvalue weighted by Crippen LogP contribution is -2.32. The molecule has 1 amide bonds. The van der Waals surface area contributed by atoms with Gasteiger partial charge in [-0.1, -0.05) is 24.6 Å². The molecule has 0 radical (unpaired) electrons. The largest absolute Gasteiger partial charge is 0.496 e. The standard InChI is InChI=1S/C21H22ClN3O3/c1-4-9-25(21(27)14-6-5-13(2)18(10-14)28-3)12-19-23-17-11-15(22)7-8-16(17)20(26)24-19/h5-8,10-11H,4,9,12H2,1-3H3,(H,23,24,26). The summed E-state index contributed by atoms with van der Waals surface area (Å²) in [5.74, 6) is 0.934. The maximum Gasteiger partial charge on any atom is 0.258 e. The number of halogens is 1. The molecule has 1 heterocycles. The van der Waals surface area contributed by atoms with Crippen LogP contribution in [0.15, 0.2) is 41.2 Å². The normalized spacial score (nSPS) is 10.9. The Labute approximate surface area is 168 Å². The number of aromatic amines is 1. The molecule has 0 atom stereocenters. The van der Waals surface area contributed by atoms with E-state index in [0.717, 1.165) is 12.0 Å². The minimum atomic E-state index is -0.252. The van der Waals surface area contributed by atoms with E-state index in [9.17, 15) is 9.59 Å². The van der Waals surface area contributed by atoms with Gasteiger partial charge in [-0.05, 0) is 49.2 Å². The van der Waals surface area contributed by atoms with Gasteiger partial charge in [-0.2, -0.15) is 0 Å². The minimum Gasteiger partial charge on any atom is -0.496 e. The minimum absolute atomic E-state index is 0.144. The smallest absolute Gasteiger partial charge is 0.258 e. The van der Waals surface area contributed by atoms with Crippen molar-refractivity contribution in [2.24, 2.45) is 0 Å². The molecule has 0 saturated heterocycles. The molecule has 28 heavy (non-hydrogen) atoms. The van der Waals surface area contributed by atoms with Gasteiger partial charge in [0.15, 0.2) is 0 Å². The first-order chi connectivity index (χ1) is 13.4. The van der Waals surface area contributed by atoms with Crippen LogP contribution in [-0.4, -0.2) is 34.4 Å². The Morgan fingerprint density at radius 1 is 1.25 bits per heavy atom. The van der Waals surface area contributed by atoms with Crippen molar-refractivity contribution in [3.8, 4) is 5.75 Å².